The largest absolute Gasteiger partial charge is 0.507 e. The van der Waals surface area contributed by atoms with E-state index in [4.69, 9.17) is 45.9 Å². The Morgan fingerprint density at radius 2 is 1.18 bits per heavy atom. The van der Waals surface area contributed by atoms with Gasteiger partial charge in [-0.25, -0.2) is 14.4 Å². The lowest BCUT2D eigenvalue weighted by atomic mass is 10.0. The molecule has 1 aliphatic rings. The number of methoxy groups -OCH3 is 1. The maximum absolute atomic E-state index is 12.7. The monoisotopic (exact) mass is 936 g/mol. The molecule has 1 aliphatic heterocycles. The standard InChI is InChI=1S/C22H31ClN2O4.C14H17NO3.C13H14ClNO3/c1-5-24(6-2)8-7-17-15(3)18-13-16(14-25-9-11-28-12-10-25)20(27-4)19(23)21(18)29-22(17)26;1-8-5-12(16)18-14-9(2)13(17)10(6-11(8)14)7-15(3)4;1-7-4-10(16)18-13-9(7)5-8(6-15(2)3)12(17)11(13)14/h13H,5-12,14H2,1-4H3;5-6,17H,7H2,1-4H3;4-5,17H,6H2,1-3H3. The molecule has 3 aromatic carbocycles. The Hall–Kier alpha value is -4.93. The predicted octanol–water partition coefficient (Wildman–Crippen LogP) is 8.18. The summed E-state index contributed by atoms with van der Waals surface area (Å²) < 4.78 is 26.9. The molecule has 0 spiro atoms. The van der Waals surface area contributed by atoms with Crippen LogP contribution < -0.4 is 21.6 Å². The predicted molar refractivity (Wildman–Crippen MR) is 259 cm³/mol. The highest BCUT2D eigenvalue weighted by Crippen LogP contribution is 2.39. The molecule has 3 aromatic heterocycles. The van der Waals surface area contributed by atoms with Gasteiger partial charge in [0.2, 0.25) is 0 Å². The summed E-state index contributed by atoms with van der Waals surface area (Å²) in [5, 5.41) is 23.1. The lowest BCUT2D eigenvalue weighted by molar-refractivity contribution is 0.0339. The van der Waals surface area contributed by atoms with Crippen molar-refractivity contribution in [2.75, 3.05) is 81.2 Å². The summed E-state index contributed by atoms with van der Waals surface area (Å²) in [6, 6.07) is 8.63. The molecular formula is C49H62Cl2N4O10. The number of halogens is 2. The molecule has 0 atom stereocenters. The van der Waals surface area contributed by atoms with Crippen LogP contribution in [0.2, 0.25) is 10.0 Å². The number of benzene rings is 3. The van der Waals surface area contributed by atoms with Gasteiger partial charge in [-0.1, -0.05) is 37.0 Å². The summed E-state index contributed by atoms with van der Waals surface area (Å²) in [6.45, 7) is 19.5. The van der Waals surface area contributed by atoms with Crippen LogP contribution >= 0.6 is 23.2 Å². The van der Waals surface area contributed by atoms with E-state index in [1.165, 1.54) is 12.1 Å². The Kier molecular flexibility index (Phi) is 17.7. The SMILES string of the molecule is CCN(CC)CCc1c(C)c2cc(CN3CCOCC3)c(OC)c(Cl)c2oc1=O.Cc1cc(=O)oc2c(C)c(O)c(CN(C)C)cc12.Cc1cc(=O)oc2c(Cl)c(O)c(CN(C)C)cc12. The van der Waals surface area contributed by atoms with Gasteiger partial charge in [0, 0.05) is 95.4 Å². The van der Waals surface area contributed by atoms with Crippen LogP contribution in [-0.4, -0.2) is 111 Å². The Labute approximate surface area is 389 Å². The first-order valence-electron chi connectivity index (χ1n) is 21.6. The fourth-order valence-electron chi connectivity index (χ4n) is 8.00. The molecule has 2 N–H and O–H groups in total. The lowest BCUT2D eigenvalue weighted by Crippen LogP contribution is -2.35. The first-order chi connectivity index (χ1) is 30.8. The third-order valence-electron chi connectivity index (χ3n) is 11.6. The van der Waals surface area contributed by atoms with Gasteiger partial charge in [0.25, 0.3) is 0 Å². The van der Waals surface area contributed by atoms with Gasteiger partial charge in [0.05, 0.1) is 20.3 Å². The van der Waals surface area contributed by atoms with Crippen molar-refractivity contribution >= 4 is 56.1 Å². The third-order valence-corrected chi connectivity index (χ3v) is 12.3. The van der Waals surface area contributed by atoms with E-state index in [1.807, 2.05) is 64.8 Å². The minimum absolute atomic E-state index is 0.0355. The van der Waals surface area contributed by atoms with Gasteiger partial charge in [-0.2, -0.15) is 0 Å². The van der Waals surface area contributed by atoms with E-state index in [0.29, 0.717) is 52.6 Å². The normalized spacial score (nSPS) is 13.2. The van der Waals surface area contributed by atoms with Gasteiger partial charge in [-0.15, -0.1) is 0 Å². The summed E-state index contributed by atoms with van der Waals surface area (Å²) in [4.78, 5) is 43.9. The number of rotatable bonds is 12. The Bertz CT molecular complexity index is 2710. The minimum atomic E-state index is -0.471. The van der Waals surface area contributed by atoms with Gasteiger partial charge in [-0.05, 0) is 110 Å². The van der Waals surface area contributed by atoms with Crippen molar-refractivity contribution in [1.82, 2.24) is 19.6 Å². The van der Waals surface area contributed by atoms with Crippen molar-refractivity contribution < 1.29 is 32.9 Å². The highest BCUT2D eigenvalue weighted by Gasteiger charge is 2.23. The Morgan fingerprint density at radius 3 is 1.72 bits per heavy atom. The second-order valence-corrected chi connectivity index (χ2v) is 17.6. The Morgan fingerprint density at radius 1 is 0.677 bits per heavy atom. The van der Waals surface area contributed by atoms with E-state index in [-0.39, 0.29) is 33.4 Å². The molecule has 0 unspecified atom stereocenters. The lowest BCUT2D eigenvalue weighted by Gasteiger charge is -2.27. The van der Waals surface area contributed by atoms with Crippen LogP contribution in [0.4, 0.5) is 0 Å². The average Bonchev–Trinajstić information content (AvgIpc) is 3.25. The molecule has 0 amide bonds. The molecule has 6 aromatic rings. The van der Waals surface area contributed by atoms with Gasteiger partial charge in [0.15, 0.2) is 11.2 Å². The molecule has 0 saturated carbocycles. The highest BCUT2D eigenvalue weighted by atomic mass is 35.5. The second-order valence-electron chi connectivity index (χ2n) is 16.9. The van der Waals surface area contributed by atoms with Crippen LogP contribution in [0.3, 0.4) is 0 Å². The molecule has 0 radical (unpaired) electrons. The zero-order valence-electron chi connectivity index (χ0n) is 39.4. The fraction of sp³-hybridized carbons (Fsp3) is 0.449. The van der Waals surface area contributed by atoms with Crippen LogP contribution in [0.1, 0.15) is 58.4 Å². The van der Waals surface area contributed by atoms with Crippen LogP contribution in [0.15, 0.2) is 58.0 Å². The number of aryl methyl sites for hydroxylation is 4. The number of aromatic hydroxyl groups is 2. The molecule has 352 valence electrons. The van der Waals surface area contributed by atoms with E-state index in [9.17, 15) is 24.6 Å². The van der Waals surface area contributed by atoms with E-state index < -0.39 is 5.63 Å². The molecule has 1 saturated heterocycles. The molecule has 14 nitrogen and oxygen atoms in total. The molecule has 1 fully saturated rings. The number of nitrogens with zero attached hydrogens (tertiary/aromatic N) is 4. The molecule has 65 heavy (non-hydrogen) atoms. The number of hydrogen-bond acceptors (Lipinski definition) is 14. The second kappa shape index (κ2) is 22.5. The van der Waals surface area contributed by atoms with Crippen molar-refractivity contribution in [3.05, 3.63) is 116 Å². The Balaban J connectivity index is 0.000000192. The number of hydrogen-bond donors (Lipinski definition) is 2. The van der Waals surface area contributed by atoms with Crippen LogP contribution in [0, 0.1) is 27.7 Å². The summed E-state index contributed by atoms with van der Waals surface area (Å²) in [7, 11) is 9.28. The van der Waals surface area contributed by atoms with E-state index in [1.54, 1.807) is 20.1 Å². The number of phenols is 2. The molecule has 7 rings (SSSR count). The number of phenolic OH excluding ortho intramolecular Hbond substituents is 2. The number of likely N-dealkylation sites (N-methyl/N-ethyl adjacent to an activating group) is 1. The molecule has 16 heteroatoms. The summed E-state index contributed by atoms with van der Waals surface area (Å²) in [5.74, 6) is 0.737. The summed E-state index contributed by atoms with van der Waals surface area (Å²) in [6.07, 6.45) is 0.661. The topological polar surface area (TPSA) is 163 Å². The van der Waals surface area contributed by atoms with Crippen molar-refractivity contribution in [3.63, 3.8) is 0 Å². The van der Waals surface area contributed by atoms with Gasteiger partial charge < -0.3 is 47.6 Å². The minimum Gasteiger partial charge on any atom is -0.507 e. The first-order valence-corrected chi connectivity index (χ1v) is 22.4. The zero-order chi connectivity index (χ0) is 47.9. The number of fused-ring (bicyclic) bond motifs is 3. The van der Waals surface area contributed by atoms with Crippen LogP contribution in [0.5, 0.6) is 17.2 Å². The molecule has 4 heterocycles. The summed E-state index contributed by atoms with van der Waals surface area (Å²) >= 11 is 12.7. The van der Waals surface area contributed by atoms with Crippen molar-refractivity contribution in [1.29, 1.82) is 0 Å². The maximum Gasteiger partial charge on any atom is 0.339 e. The third kappa shape index (κ3) is 12.1. The van der Waals surface area contributed by atoms with E-state index in [0.717, 1.165) is 102 Å². The van der Waals surface area contributed by atoms with Crippen molar-refractivity contribution in [3.8, 4) is 17.2 Å². The van der Waals surface area contributed by atoms with E-state index >= 15 is 0 Å². The van der Waals surface area contributed by atoms with Gasteiger partial charge in [0.1, 0.15) is 32.9 Å². The highest BCUT2D eigenvalue weighted by molar-refractivity contribution is 6.37. The van der Waals surface area contributed by atoms with Gasteiger partial charge >= 0.3 is 16.9 Å². The van der Waals surface area contributed by atoms with Gasteiger partial charge in [-0.3, -0.25) is 4.90 Å². The van der Waals surface area contributed by atoms with Crippen LogP contribution in [-0.2, 0) is 30.8 Å². The smallest absolute Gasteiger partial charge is 0.339 e. The van der Waals surface area contributed by atoms with Crippen molar-refractivity contribution in [2.45, 2.75) is 67.6 Å². The molecular weight excluding hydrogens is 875 g/mol. The first kappa shape index (κ1) is 51.1. The van der Waals surface area contributed by atoms with Crippen molar-refractivity contribution in [2.24, 2.45) is 0 Å². The molecule has 0 bridgehead atoms. The zero-order valence-corrected chi connectivity index (χ0v) is 40.9. The molecule has 0 aliphatic carbocycles. The maximum atomic E-state index is 12.7. The summed E-state index contributed by atoms with van der Waals surface area (Å²) in [5.41, 5.74) is 6.41. The number of morpholine rings is 1. The van der Waals surface area contributed by atoms with E-state index in [2.05, 4.69) is 29.7 Å². The quantitative estimate of drug-likeness (QED) is 0.113. The fourth-order valence-corrected chi connectivity index (χ4v) is 8.60. The number of ether oxygens (including phenoxy) is 2. The average molecular weight is 938 g/mol. The van der Waals surface area contributed by atoms with Crippen LogP contribution in [0.25, 0.3) is 32.9 Å².